The second-order valence-corrected chi connectivity index (χ2v) is 8.49. The van der Waals surface area contributed by atoms with Gasteiger partial charge >= 0.3 is 5.97 Å². The van der Waals surface area contributed by atoms with E-state index in [2.05, 4.69) is 65.6 Å². The number of nitrogens with zero attached hydrogens (tertiary/aromatic N) is 1. The van der Waals surface area contributed by atoms with Crippen molar-refractivity contribution in [3.63, 3.8) is 0 Å². The molecule has 0 amide bonds. The smallest absolute Gasteiger partial charge is 0.309 e. The zero-order chi connectivity index (χ0) is 21.3. The Bertz CT molecular complexity index is 886. The fraction of sp³-hybridized carbons (Fsp3) is 0.321. The fourth-order valence-electron chi connectivity index (χ4n) is 4.51. The fourth-order valence-corrected chi connectivity index (χ4v) is 4.51. The minimum absolute atomic E-state index is 0.0171. The van der Waals surface area contributed by atoms with Gasteiger partial charge in [-0.15, -0.1) is 0 Å². The molecule has 2 unspecified atom stereocenters. The quantitative estimate of drug-likeness (QED) is 0.425. The van der Waals surface area contributed by atoms with E-state index >= 15 is 0 Å². The maximum absolute atomic E-state index is 12.8. The average molecular weight is 414 g/mol. The van der Waals surface area contributed by atoms with Crippen LogP contribution in [0.3, 0.4) is 0 Å². The summed E-state index contributed by atoms with van der Waals surface area (Å²) >= 11 is 0. The first kappa shape index (κ1) is 21.3. The molecule has 1 saturated carbocycles. The molecule has 3 nitrogen and oxygen atoms in total. The van der Waals surface area contributed by atoms with Crippen LogP contribution in [0.4, 0.5) is 0 Å². The highest BCUT2D eigenvalue weighted by Crippen LogP contribution is 2.31. The van der Waals surface area contributed by atoms with Crippen LogP contribution in [0.25, 0.3) is 0 Å². The number of esters is 1. The van der Waals surface area contributed by atoms with Crippen molar-refractivity contribution in [3.8, 4) is 0 Å². The van der Waals surface area contributed by atoms with Crippen LogP contribution in [0, 0.1) is 5.92 Å². The summed E-state index contributed by atoms with van der Waals surface area (Å²) in [5.74, 6) is -0.0653. The lowest BCUT2D eigenvalue weighted by Gasteiger charge is -2.37. The molecule has 0 N–H and O–H groups in total. The number of rotatable bonds is 8. The molecule has 0 radical (unpaired) electrons. The number of carbonyl (C=O) groups excluding carboxylic acids is 1. The topological polar surface area (TPSA) is 29.5 Å². The van der Waals surface area contributed by atoms with Crippen LogP contribution in [0.15, 0.2) is 91.0 Å². The summed E-state index contributed by atoms with van der Waals surface area (Å²) in [5, 5.41) is 0. The monoisotopic (exact) mass is 413 g/mol. The first-order valence-corrected chi connectivity index (χ1v) is 11.3. The van der Waals surface area contributed by atoms with Crippen molar-refractivity contribution in [1.82, 2.24) is 4.90 Å². The molecule has 0 heterocycles. The zero-order valence-electron chi connectivity index (χ0n) is 18.0. The largest absolute Gasteiger partial charge is 0.461 e. The van der Waals surface area contributed by atoms with E-state index in [0.29, 0.717) is 12.6 Å². The van der Waals surface area contributed by atoms with Crippen molar-refractivity contribution in [3.05, 3.63) is 108 Å². The first-order valence-electron chi connectivity index (χ1n) is 11.3. The maximum Gasteiger partial charge on any atom is 0.309 e. The Morgan fingerprint density at radius 1 is 0.742 bits per heavy atom. The third-order valence-corrected chi connectivity index (χ3v) is 6.18. The molecule has 31 heavy (non-hydrogen) atoms. The van der Waals surface area contributed by atoms with Crippen LogP contribution in [-0.2, 0) is 29.2 Å². The first-order chi connectivity index (χ1) is 15.3. The second-order valence-electron chi connectivity index (χ2n) is 8.49. The van der Waals surface area contributed by atoms with Gasteiger partial charge in [-0.05, 0) is 36.0 Å². The third-order valence-electron chi connectivity index (χ3n) is 6.18. The average Bonchev–Trinajstić information content (AvgIpc) is 2.84. The van der Waals surface area contributed by atoms with Gasteiger partial charge in [-0.3, -0.25) is 9.69 Å². The van der Waals surface area contributed by atoms with Gasteiger partial charge in [0.05, 0.1) is 5.92 Å². The summed E-state index contributed by atoms with van der Waals surface area (Å²) in [6.07, 6.45) is 3.99. The highest BCUT2D eigenvalue weighted by Gasteiger charge is 2.31. The highest BCUT2D eigenvalue weighted by molar-refractivity contribution is 5.72. The van der Waals surface area contributed by atoms with Crippen molar-refractivity contribution in [1.29, 1.82) is 0 Å². The number of benzene rings is 3. The molecule has 0 aromatic heterocycles. The molecule has 0 bridgehead atoms. The molecule has 3 aromatic rings. The minimum atomic E-state index is -0.0482. The molecule has 0 saturated heterocycles. The summed E-state index contributed by atoms with van der Waals surface area (Å²) in [6, 6.07) is 31.6. The molecule has 4 rings (SSSR count). The minimum Gasteiger partial charge on any atom is -0.461 e. The number of ether oxygens (including phenoxy) is 1. The molecular weight excluding hydrogens is 382 g/mol. The van der Waals surface area contributed by atoms with Crippen molar-refractivity contribution < 1.29 is 9.53 Å². The second kappa shape index (κ2) is 10.9. The predicted molar refractivity (Wildman–Crippen MR) is 124 cm³/mol. The number of carbonyl (C=O) groups is 1. The molecule has 3 heteroatoms. The highest BCUT2D eigenvalue weighted by atomic mass is 16.5. The predicted octanol–water partition coefficient (Wildman–Crippen LogP) is 5.99. The van der Waals surface area contributed by atoms with Gasteiger partial charge in [0, 0.05) is 19.1 Å². The lowest BCUT2D eigenvalue weighted by molar-refractivity contribution is -0.151. The molecule has 0 spiro atoms. The van der Waals surface area contributed by atoms with Gasteiger partial charge in [0.25, 0.3) is 0 Å². The SMILES string of the molecule is O=C(OCc1ccccc1)C1CCCC(N(Cc2ccccc2)Cc2ccccc2)C1. The third kappa shape index (κ3) is 6.28. The summed E-state index contributed by atoms with van der Waals surface area (Å²) in [4.78, 5) is 15.4. The lowest BCUT2D eigenvalue weighted by atomic mass is 9.84. The van der Waals surface area contributed by atoms with E-state index < -0.39 is 0 Å². The van der Waals surface area contributed by atoms with E-state index in [1.54, 1.807) is 0 Å². The van der Waals surface area contributed by atoms with Crippen LogP contribution < -0.4 is 0 Å². The van der Waals surface area contributed by atoms with Gasteiger partial charge in [0.1, 0.15) is 6.61 Å². The van der Waals surface area contributed by atoms with Crippen molar-refractivity contribution in [2.75, 3.05) is 0 Å². The molecule has 0 aliphatic heterocycles. The van der Waals surface area contributed by atoms with Crippen molar-refractivity contribution >= 4 is 5.97 Å². The van der Waals surface area contributed by atoms with Gasteiger partial charge in [-0.2, -0.15) is 0 Å². The van der Waals surface area contributed by atoms with Crippen LogP contribution >= 0.6 is 0 Å². The molecule has 160 valence electrons. The van der Waals surface area contributed by atoms with E-state index in [1.807, 2.05) is 30.3 Å². The Kier molecular flexibility index (Phi) is 7.51. The molecular formula is C28H31NO2. The van der Waals surface area contributed by atoms with Crippen LogP contribution in [0.2, 0.25) is 0 Å². The van der Waals surface area contributed by atoms with E-state index in [9.17, 15) is 4.79 Å². The number of hydrogen-bond donors (Lipinski definition) is 0. The van der Waals surface area contributed by atoms with Gasteiger partial charge in [0.15, 0.2) is 0 Å². The van der Waals surface area contributed by atoms with Gasteiger partial charge in [-0.25, -0.2) is 0 Å². The zero-order valence-corrected chi connectivity index (χ0v) is 18.0. The van der Waals surface area contributed by atoms with Gasteiger partial charge in [-0.1, -0.05) is 97.4 Å². The molecule has 1 fully saturated rings. The number of hydrogen-bond acceptors (Lipinski definition) is 3. The Morgan fingerprint density at radius 3 is 1.81 bits per heavy atom. The van der Waals surface area contributed by atoms with Crippen LogP contribution in [0.1, 0.15) is 42.4 Å². The molecule has 3 aromatic carbocycles. The Hall–Kier alpha value is -2.91. The van der Waals surface area contributed by atoms with E-state index in [1.165, 1.54) is 11.1 Å². The maximum atomic E-state index is 12.8. The molecule has 1 aliphatic rings. The van der Waals surface area contributed by atoms with Crippen LogP contribution in [-0.4, -0.2) is 16.9 Å². The molecule has 2 atom stereocenters. The Morgan fingerprint density at radius 2 is 1.26 bits per heavy atom. The van der Waals surface area contributed by atoms with E-state index in [0.717, 1.165) is 44.3 Å². The van der Waals surface area contributed by atoms with Gasteiger partial charge in [0.2, 0.25) is 0 Å². The summed E-state index contributed by atoms with van der Waals surface area (Å²) in [7, 11) is 0. The van der Waals surface area contributed by atoms with E-state index in [4.69, 9.17) is 4.74 Å². The van der Waals surface area contributed by atoms with Gasteiger partial charge < -0.3 is 4.74 Å². The molecule has 1 aliphatic carbocycles. The summed E-state index contributed by atoms with van der Waals surface area (Å²) in [5.41, 5.74) is 3.66. The summed E-state index contributed by atoms with van der Waals surface area (Å²) < 4.78 is 5.67. The standard InChI is InChI=1S/C28H31NO2/c30-28(31-22-25-15-8-3-9-16-25)26-17-10-18-27(19-26)29(20-23-11-4-1-5-12-23)21-24-13-6-2-7-14-24/h1-9,11-16,26-27H,10,17-22H2. The van der Waals surface area contributed by atoms with Crippen molar-refractivity contribution in [2.45, 2.75) is 51.4 Å². The summed E-state index contributed by atoms with van der Waals surface area (Å²) in [6.45, 7) is 2.15. The van der Waals surface area contributed by atoms with E-state index in [-0.39, 0.29) is 11.9 Å². The van der Waals surface area contributed by atoms with Crippen molar-refractivity contribution in [2.24, 2.45) is 5.92 Å². The lowest BCUT2D eigenvalue weighted by Crippen LogP contribution is -2.40. The normalized spacial score (nSPS) is 18.6. The van der Waals surface area contributed by atoms with Crippen LogP contribution in [0.5, 0.6) is 0 Å². The Balaban J connectivity index is 1.42. The Labute approximate surface area is 185 Å².